The van der Waals surface area contributed by atoms with Gasteiger partial charge in [-0.2, -0.15) is 5.26 Å². The zero-order valence-corrected chi connectivity index (χ0v) is 12.1. The zero-order chi connectivity index (χ0) is 14.5. The molecule has 0 radical (unpaired) electrons. The normalized spacial score (nSPS) is 13.9. The van der Waals surface area contributed by atoms with Gasteiger partial charge in [0.1, 0.15) is 6.07 Å². The summed E-state index contributed by atoms with van der Waals surface area (Å²) in [6, 6.07) is 9.93. The number of hydrogen-bond acceptors (Lipinski definition) is 4. The van der Waals surface area contributed by atoms with Gasteiger partial charge in [0.2, 0.25) is 0 Å². The molecule has 4 nitrogen and oxygen atoms in total. The van der Waals surface area contributed by atoms with E-state index in [1.807, 2.05) is 44.0 Å². The van der Waals surface area contributed by atoms with Crippen molar-refractivity contribution in [2.45, 2.75) is 32.4 Å². The summed E-state index contributed by atoms with van der Waals surface area (Å²) in [6.07, 6.45) is 0. The maximum atomic E-state index is 10.4. The molecule has 1 rings (SSSR count). The summed E-state index contributed by atoms with van der Waals surface area (Å²) in [5, 5.41) is 22.7. The number of nitriles is 1. The zero-order valence-electron chi connectivity index (χ0n) is 12.1. The lowest BCUT2D eigenvalue weighted by Gasteiger charge is -2.31. The van der Waals surface area contributed by atoms with Gasteiger partial charge >= 0.3 is 0 Å². The first-order valence-corrected chi connectivity index (χ1v) is 6.52. The molecule has 0 aromatic heterocycles. The van der Waals surface area contributed by atoms with Crippen LogP contribution in [0.15, 0.2) is 24.3 Å². The Bertz CT molecular complexity index is 449. The van der Waals surface area contributed by atoms with E-state index < -0.39 is 5.60 Å². The van der Waals surface area contributed by atoms with Crippen LogP contribution in [0.1, 0.15) is 26.3 Å². The second-order valence-electron chi connectivity index (χ2n) is 5.52. The topological polar surface area (TPSA) is 59.3 Å². The molecule has 0 aliphatic rings. The number of aliphatic hydroxyl groups is 1. The Morgan fingerprint density at radius 1 is 1.42 bits per heavy atom. The molecule has 0 aliphatic carbocycles. The molecule has 0 amide bonds. The van der Waals surface area contributed by atoms with Gasteiger partial charge in [-0.15, -0.1) is 0 Å². The van der Waals surface area contributed by atoms with Crippen molar-refractivity contribution in [1.29, 1.82) is 5.26 Å². The minimum absolute atomic E-state index is 0.336. The van der Waals surface area contributed by atoms with Crippen molar-refractivity contribution in [3.8, 4) is 6.07 Å². The SMILES string of the molecule is CC(C)NCC(C)(O)CN(C)c1ccccc1C#N. The quantitative estimate of drug-likeness (QED) is 0.819. The molecule has 0 saturated carbocycles. The number of nitrogens with one attached hydrogen (secondary N) is 1. The predicted octanol–water partition coefficient (Wildman–Crippen LogP) is 1.74. The Morgan fingerprint density at radius 2 is 2.05 bits per heavy atom. The maximum Gasteiger partial charge on any atom is 0.101 e. The van der Waals surface area contributed by atoms with Crippen LogP contribution in [0, 0.1) is 11.3 Å². The molecule has 0 bridgehead atoms. The highest BCUT2D eigenvalue weighted by molar-refractivity contribution is 5.58. The van der Waals surface area contributed by atoms with Crippen molar-refractivity contribution in [2.75, 3.05) is 25.0 Å². The molecule has 0 saturated heterocycles. The Labute approximate surface area is 115 Å². The van der Waals surface area contributed by atoms with Gasteiger partial charge in [0, 0.05) is 26.2 Å². The number of rotatable bonds is 6. The van der Waals surface area contributed by atoms with Gasteiger partial charge in [-0.25, -0.2) is 0 Å². The second-order valence-corrected chi connectivity index (χ2v) is 5.52. The first-order chi connectivity index (χ1) is 8.85. The van der Waals surface area contributed by atoms with Crippen LogP contribution in [0.3, 0.4) is 0 Å². The summed E-state index contributed by atoms with van der Waals surface area (Å²) in [6.45, 7) is 6.87. The lowest BCUT2D eigenvalue weighted by Crippen LogP contribution is -2.48. The Hall–Kier alpha value is -1.57. The van der Waals surface area contributed by atoms with Gasteiger partial charge < -0.3 is 15.3 Å². The number of hydrogen-bond donors (Lipinski definition) is 2. The van der Waals surface area contributed by atoms with Crippen molar-refractivity contribution >= 4 is 5.69 Å². The van der Waals surface area contributed by atoms with Crippen molar-refractivity contribution < 1.29 is 5.11 Å². The Kier molecular flexibility index (Phi) is 5.34. The van der Waals surface area contributed by atoms with E-state index in [4.69, 9.17) is 5.26 Å². The molecule has 104 valence electrons. The first-order valence-electron chi connectivity index (χ1n) is 6.52. The third-order valence-electron chi connectivity index (χ3n) is 2.90. The average Bonchev–Trinajstić information content (AvgIpc) is 2.36. The maximum absolute atomic E-state index is 10.4. The number of nitrogens with zero attached hydrogens (tertiary/aromatic N) is 2. The fourth-order valence-corrected chi connectivity index (χ4v) is 1.98. The molecule has 2 N–H and O–H groups in total. The van der Waals surface area contributed by atoms with Crippen LogP contribution in [0.2, 0.25) is 0 Å². The monoisotopic (exact) mass is 261 g/mol. The van der Waals surface area contributed by atoms with Crippen molar-refractivity contribution in [1.82, 2.24) is 5.32 Å². The minimum Gasteiger partial charge on any atom is -0.387 e. The van der Waals surface area contributed by atoms with Crippen LogP contribution in [0.4, 0.5) is 5.69 Å². The van der Waals surface area contributed by atoms with Gasteiger partial charge in [0.05, 0.1) is 16.9 Å². The van der Waals surface area contributed by atoms with Gasteiger partial charge in [-0.3, -0.25) is 0 Å². The molecule has 4 heteroatoms. The van der Waals surface area contributed by atoms with Crippen LogP contribution in [0.5, 0.6) is 0 Å². The summed E-state index contributed by atoms with van der Waals surface area (Å²) < 4.78 is 0. The number of likely N-dealkylation sites (N-methyl/N-ethyl adjacent to an activating group) is 1. The molecule has 1 aromatic rings. The number of anilines is 1. The summed E-state index contributed by atoms with van der Waals surface area (Å²) in [5.41, 5.74) is 0.620. The molecule has 0 heterocycles. The molecule has 19 heavy (non-hydrogen) atoms. The van der Waals surface area contributed by atoms with Crippen molar-refractivity contribution in [3.63, 3.8) is 0 Å². The minimum atomic E-state index is -0.846. The van der Waals surface area contributed by atoms with Gasteiger partial charge in [0.15, 0.2) is 0 Å². The van der Waals surface area contributed by atoms with E-state index in [9.17, 15) is 5.11 Å². The standard InChI is InChI=1S/C15H23N3O/c1-12(2)17-10-15(3,19)11-18(4)14-8-6-5-7-13(14)9-16/h5-8,12,17,19H,10-11H2,1-4H3. The van der Waals surface area contributed by atoms with Crippen LogP contribution in [-0.4, -0.2) is 36.9 Å². The Morgan fingerprint density at radius 3 is 2.63 bits per heavy atom. The van der Waals surface area contributed by atoms with E-state index in [0.29, 0.717) is 24.7 Å². The third kappa shape index (κ3) is 4.90. The first kappa shape index (κ1) is 15.5. The lowest BCUT2D eigenvalue weighted by atomic mass is 10.0. The van der Waals surface area contributed by atoms with E-state index in [2.05, 4.69) is 11.4 Å². The molecule has 0 fully saturated rings. The van der Waals surface area contributed by atoms with Gasteiger partial charge in [-0.05, 0) is 19.1 Å². The van der Waals surface area contributed by atoms with Gasteiger partial charge in [-0.1, -0.05) is 26.0 Å². The van der Waals surface area contributed by atoms with Gasteiger partial charge in [0.25, 0.3) is 0 Å². The highest BCUT2D eigenvalue weighted by Gasteiger charge is 2.23. The molecular formula is C15H23N3O. The Balaban J connectivity index is 2.73. The summed E-state index contributed by atoms with van der Waals surface area (Å²) in [4.78, 5) is 1.92. The molecule has 0 aliphatic heterocycles. The average molecular weight is 261 g/mol. The third-order valence-corrected chi connectivity index (χ3v) is 2.90. The van der Waals surface area contributed by atoms with E-state index in [1.54, 1.807) is 13.0 Å². The van der Waals surface area contributed by atoms with E-state index in [1.165, 1.54) is 0 Å². The number of benzene rings is 1. The molecule has 1 aromatic carbocycles. The van der Waals surface area contributed by atoms with Crippen molar-refractivity contribution in [3.05, 3.63) is 29.8 Å². The second kappa shape index (κ2) is 6.55. The lowest BCUT2D eigenvalue weighted by molar-refractivity contribution is 0.0656. The van der Waals surface area contributed by atoms with E-state index in [-0.39, 0.29) is 0 Å². The predicted molar refractivity (Wildman–Crippen MR) is 78.2 cm³/mol. The van der Waals surface area contributed by atoms with Crippen LogP contribution in [0.25, 0.3) is 0 Å². The van der Waals surface area contributed by atoms with Crippen molar-refractivity contribution in [2.24, 2.45) is 0 Å². The fraction of sp³-hybridized carbons (Fsp3) is 0.533. The summed E-state index contributed by atoms with van der Waals surface area (Å²) in [7, 11) is 1.89. The highest BCUT2D eigenvalue weighted by Crippen LogP contribution is 2.20. The summed E-state index contributed by atoms with van der Waals surface area (Å²) >= 11 is 0. The molecule has 0 spiro atoms. The smallest absolute Gasteiger partial charge is 0.101 e. The highest BCUT2D eigenvalue weighted by atomic mass is 16.3. The fourth-order valence-electron chi connectivity index (χ4n) is 1.98. The molecule has 1 unspecified atom stereocenters. The van der Waals surface area contributed by atoms with E-state index >= 15 is 0 Å². The summed E-state index contributed by atoms with van der Waals surface area (Å²) in [5.74, 6) is 0. The number of para-hydroxylation sites is 1. The van der Waals surface area contributed by atoms with Crippen LogP contribution < -0.4 is 10.2 Å². The largest absolute Gasteiger partial charge is 0.387 e. The van der Waals surface area contributed by atoms with Crippen LogP contribution >= 0.6 is 0 Å². The molecule has 1 atom stereocenters. The van der Waals surface area contributed by atoms with Crippen LogP contribution in [-0.2, 0) is 0 Å². The van der Waals surface area contributed by atoms with E-state index in [0.717, 1.165) is 5.69 Å². The molecular weight excluding hydrogens is 238 g/mol.